The van der Waals surface area contributed by atoms with Gasteiger partial charge in [0, 0.05) is 51.2 Å². The van der Waals surface area contributed by atoms with Crippen LogP contribution >= 0.6 is 0 Å². The van der Waals surface area contributed by atoms with Crippen molar-refractivity contribution in [2.45, 2.75) is 70.0 Å². The number of rotatable bonds is 8. The second-order valence-corrected chi connectivity index (χ2v) is 11.8. The summed E-state index contributed by atoms with van der Waals surface area (Å²) in [6.45, 7) is 3.65. The molecule has 0 aromatic carbocycles. The summed E-state index contributed by atoms with van der Waals surface area (Å²) in [5, 5.41) is 10.8. The number of sulfonamides is 1. The highest BCUT2D eigenvalue weighted by Crippen LogP contribution is 2.38. The van der Waals surface area contributed by atoms with Gasteiger partial charge in [-0.25, -0.2) is 27.7 Å². The Morgan fingerprint density at radius 2 is 1.82 bits per heavy atom. The Labute approximate surface area is 202 Å². The number of hydrogen-bond acceptors (Lipinski definition) is 8. The van der Waals surface area contributed by atoms with Crippen LogP contribution in [0.15, 0.2) is 12.4 Å². The van der Waals surface area contributed by atoms with Gasteiger partial charge in [0.2, 0.25) is 15.9 Å². The smallest absolute Gasteiger partial charge is 0.224 e. The Balaban J connectivity index is 1.61. The zero-order valence-corrected chi connectivity index (χ0v) is 21.1. The molecule has 2 fully saturated rings. The normalized spacial score (nSPS) is 23.8. The van der Waals surface area contributed by atoms with Crippen molar-refractivity contribution in [3.05, 3.63) is 23.8 Å². The number of pyridine rings is 1. The molecule has 0 bridgehead atoms. The average Bonchev–Trinajstić information content (AvgIpc) is 2.80. The minimum absolute atomic E-state index is 0.106. The third-order valence-electron chi connectivity index (χ3n) is 6.93. The quantitative estimate of drug-likeness (QED) is 0.598. The number of aromatic nitrogens is 3. The van der Waals surface area contributed by atoms with Crippen LogP contribution in [0, 0.1) is 5.92 Å². The lowest BCUT2D eigenvalue weighted by Gasteiger charge is -2.30. The first kappa shape index (κ1) is 25.2. The maximum Gasteiger partial charge on any atom is 0.224 e. The second kappa shape index (κ2) is 10.8. The summed E-state index contributed by atoms with van der Waals surface area (Å²) in [5.74, 6) is 1.87. The summed E-state index contributed by atoms with van der Waals surface area (Å²) in [4.78, 5) is 14.2. The number of aliphatic hydroxyl groups excluding tert-OH is 1. The van der Waals surface area contributed by atoms with Crippen molar-refractivity contribution in [1.29, 1.82) is 0 Å². The number of fused-ring (bicyclic) bond motifs is 1. The van der Waals surface area contributed by atoms with Crippen molar-refractivity contribution in [2.75, 3.05) is 33.1 Å². The monoisotopic (exact) mass is 492 g/mol. The Morgan fingerprint density at radius 3 is 2.47 bits per heavy atom. The molecule has 1 aliphatic carbocycles. The Bertz CT molecular complexity index is 1080. The Morgan fingerprint density at radius 1 is 1.12 bits per heavy atom. The van der Waals surface area contributed by atoms with Crippen LogP contribution < -0.4 is 4.74 Å². The molecule has 3 heterocycles. The highest BCUT2D eigenvalue weighted by molar-refractivity contribution is 7.88. The van der Waals surface area contributed by atoms with E-state index in [1.54, 1.807) is 7.11 Å². The third kappa shape index (κ3) is 6.02. The highest BCUT2D eigenvalue weighted by atomic mass is 32.2. The van der Waals surface area contributed by atoms with E-state index in [2.05, 4.69) is 16.9 Å². The Hall–Kier alpha value is -1.88. The van der Waals surface area contributed by atoms with E-state index in [1.807, 2.05) is 12.4 Å². The molecular formula is C24H36N4O5S. The molecule has 0 unspecified atom stereocenters. The summed E-state index contributed by atoms with van der Waals surface area (Å²) in [6.07, 6.45) is 9.93. The van der Waals surface area contributed by atoms with Gasteiger partial charge in [-0.2, -0.15) is 0 Å². The van der Waals surface area contributed by atoms with Gasteiger partial charge < -0.3 is 14.6 Å². The minimum Gasteiger partial charge on any atom is -0.474 e. The van der Waals surface area contributed by atoms with Crippen molar-refractivity contribution in [3.63, 3.8) is 0 Å². The summed E-state index contributed by atoms with van der Waals surface area (Å²) in [5.41, 5.74) is 1.96. The predicted octanol–water partition coefficient (Wildman–Crippen LogP) is 2.67. The van der Waals surface area contributed by atoms with Crippen LogP contribution in [0.2, 0.25) is 0 Å². The number of aliphatic hydroxyl groups is 1. The lowest BCUT2D eigenvalue weighted by Crippen LogP contribution is -2.41. The Kier molecular flexibility index (Phi) is 8.01. The van der Waals surface area contributed by atoms with Crippen LogP contribution in [-0.4, -0.2) is 78.1 Å². The van der Waals surface area contributed by atoms with Crippen molar-refractivity contribution in [3.8, 4) is 5.88 Å². The fourth-order valence-electron chi connectivity index (χ4n) is 5.03. The summed E-state index contributed by atoms with van der Waals surface area (Å²) >= 11 is 0. The van der Waals surface area contributed by atoms with E-state index in [0.29, 0.717) is 50.3 Å². The number of piperidine rings is 1. The van der Waals surface area contributed by atoms with Gasteiger partial charge in [0.05, 0.1) is 23.3 Å². The molecule has 1 saturated heterocycles. The molecule has 0 amide bonds. The largest absolute Gasteiger partial charge is 0.474 e. The molecule has 188 valence electrons. The summed E-state index contributed by atoms with van der Waals surface area (Å²) in [6, 6.07) is 0. The van der Waals surface area contributed by atoms with E-state index >= 15 is 0 Å². The maximum atomic E-state index is 11.8. The first-order valence-corrected chi connectivity index (χ1v) is 14.0. The van der Waals surface area contributed by atoms with Gasteiger partial charge in [-0.1, -0.05) is 6.92 Å². The van der Waals surface area contributed by atoms with Crippen LogP contribution in [0.25, 0.3) is 10.9 Å². The molecule has 0 radical (unpaired) electrons. The molecule has 10 heteroatoms. The van der Waals surface area contributed by atoms with E-state index < -0.39 is 10.0 Å². The molecule has 0 spiro atoms. The highest BCUT2D eigenvalue weighted by Gasteiger charge is 2.28. The van der Waals surface area contributed by atoms with Crippen molar-refractivity contribution in [1.82, 2.24) is 19.3 Å². The molecule has 2 aromatic rings. The van der Waals surface area contributed by atoms with Crippen LogP contribution in [-0.2, 0) is 21.2 Å². The number of nitrogens with zero attached hydrogens (tertiary/aromatic N) is 4. The van der Waals surface area contributed by atoms with Crippen LogP contribution in [0.4, 0.5) is 0 Å². The maximum absolute atomic E-state index is 11.8. The third-order valence-corrected chi connectivity index (χ3v) is 8.23. The summed E-state index contributed by atoms with van der Waals surface area (Å²) in [7, 11) is -1.49. The zero-order valence-electron chi connectivity index (χ0n) is 20.3. The van der Waals surface area contributed by atoms with Gasteiger partial charge in [-0.3, -0.25) is 0 Å². The first-order chi connectivity index (χ1) is 16.2. The lowest BCUT2D eigenvalue weighted by atomic mass is 9.82. The van der Waals surface area contributed by atoms with Gasteiger partial charge in [-0.15, -0.1) is 0 Å². The standard InChI is InChI=1S/C24H36N4O5S/c1-16(15-32-2)12-22-25-14-21-23(27-22)20(17-4-6-18(29)7-5-17)13-26-24(21)33-19-8-10-28(11-9-19)34(3,30)31/h13-14,16-19,29H,4-12,15H2,1-3H3/t16-,17?,18?/m1/s1. The van der Waals surface area contributed by atoms with Crippen LogP contribution in [0.5, 0.6) is 5.88 Å². The minimum atomic E-state index is -3.18. The summed E-state index contributed by atoms with van der Waals surface area (Å²) < 4.78 is 36.7. The van der Waals surface area contributed by atoms with Crippen molar-refractivity contribution < 1.29 is 23.0 Å². The lowest BCUT2D eigenvalue weighted by molar-refractivity contribution is 0.122. The average molecular weight is 493 g/mol. The van der Waals surface area contributed by atoms with E-state index in [4.69, 9.17) is 14.5 Å². The van der Waals surface area contributed by atoms with Gasteiger partial charge in [0.15, 0.2) is 0 Å². The predicted molar refractivity (Wildman–Crippen MR) is 129 cm³/mol. The van der Waals surface area contributed by atoms with E-state index in [-0.39, 0.29) is 12.2 Å². The first-order valence-electron chi connectivity index (χ1n) is 12.2. The molecule has 1 aliphatic heterocycles. The molecule has 34 heavy (non-hydrogen) atoms. The van der Waals surface area contributed by atoms with Gasteiger partial charge in [0.1, 0.15) is 11.9 Å². The molecule has 9 nitrogen and oxygen atoms in total. The molecule has 2 aromatic heterocycles. The van der Waals surface area contributed by atoms with E-state index in [1.165, 1.54) is 10.6 Å². The van der Waals surface area contributed by atoms with Gasteiger partial charge in [0.25, 0.3) is 0 Å². The van der Waals surface area contributed by atoms with Crippen LogP contribution in [0.1, 0.15) is 62.8 Å². The molecule has 1 saturated carbocycles. The molecule has 1 N–H and O–H groups in total. The fraction of sp³-hybridized carbons (Fsp3) is 0.708. The number of methoxy groups -OCH3 is 1. The number of hydrogen-bond donors (Lipinski definition) is 1. The van der Waals surface area contributed by atoms with Gasteiger partial charge in [-0.05, 0) is 50.4 Å². The molecular weight excluding hydrogens is 456 g/mol. The van der Waals surface area contributed by atoms with Crippen LogP contribution in [0.3, 0.4) is 0 Å². The SMILES string of the molecule is COC[C@H](C)Cc1ncc2c(OC3CCN(S(C)(=O)=O)CC3)ncc(C3CCC(O)CC3)c2n1. The number of ether oxygens (including phenoxy) is 2. The van der Waals surface area contributed by atoms with E-state index in [9.17, 15) is 13.5 Å². The second-order valence-electron chi connectivity index (χ2n) is 9.82. The molecule has 4 rings (SSSR count). The topological polar surface area (TPSA) is 115 Å². The fourth-order valence-corrected chi connectivity index (χ4v) is 5.90. The molecule has 1 atom stereocenters. The van der Waals surface area contributed by atoms with Crippen molar-refractivity contribution >= 4 is 20.9 Å². The molecule has 2 aliphatic rings. The van der Waals surface area contributed by atoms with Gasteiger partial charge >= 0.3 is 0 Å². The van der Waals surface area contributed by atoms with Crippen molar-refractivity contribution in [2.24, 2.45) is 5.92 Å². The zero-order chi connectivity index (χ0) is 24.3. The van der Waals surface area contributed by atoms with E-state index in [0.717, 1.165) is 54.4 Å².